The summed E-state index contributed by atoms with van der Waals surface area (Å²) in [6.07, 6.45) is 1.77. The molecule has 1 amide bonds. The highest BCUT2D eigenvalue weighted by Gasteiger charge is 2.27. The predicted octanol–water partition coefficient (Wildman–Crippen LogP) is 5.64. The first-order chi connectivity index (χ1) is 15.4. The first-order valence-corrected chi connectivity index (χ1v) is 10.2. The molecule has 2 N–H and O–H groups in total. The normalized spacial score (nSPS) is 10.8. The molecular formula is C25H21ClN2O4. The van der Waals surface area contributed by atoms with Crippen molar-refractivity contribution in [2.75, 3.05) is 19.5 Å². The van der Waals surface area contributed by atoms with E-state index in [1.54, 1.807) is 43.6 Å². The Labute approximate surface area is 190 Å². The minimum atomic E-state index is -0.763. The Morgan fingerprint density at radius 1 is 0.938 bits per heavy atom. The van der Waals surface area contributed by atoms with Crippen LogP contribution in [0, 0.1) is 6.92 Å². The summed E-state index contributed by atoms with van der Waals surface area (Å²) < 4.78 is 11.0. The van der Waals surface area contributed by atoms with Crippen molar-refractivity contribution in [2.45, 2.75) is 6.92 Å². The summed E-state index contributed by atoms with van der Waals surface area (Å²) >= 11 is 6.03. The number of anilines is 1. The van der Waals surface area contributed by atoms with Gasteiger partial charge in [-0.1, -0.05) is 41.4 Å². The van der Waals surface area contributed by atoms with Crippen LogP contribution in [0.5, 0.6) is 11.5 Å². The van der Waals surface area contributed by atoms with Crippen molar-refractivity contribution < 1.29 is 19.1 Å². The maximum absolute atomic E-state index is 13.2. The standard InChI is InChI=1S/C25H21ClN2O4/c1-14-4-10-17(11-5-14)28-25(30)24(29)22-20(32-3)12-19(31-2)21-18(13-27-23(21)22)15-6-8-16(26)9-7-15/h4-13,27H,1-3H3,(H,28,30). The summed E-state index contributed by atoms with van der Waals surface area (Å²) in [5.41, 5.74) is 3.86. The van der Waals surface area contributed by atoms with E-state index in [-0.39, 0.29) is 11.3 Å². The van der Waals surface area contributed by atoms with Crippen LogP contribution in [-0.4, -0.2) is 30.9 Å². The van der Waals surface area contributed by atoms with Gasteiger partial charge in [0, 0.05) is 28.5 Å². The molecule has 0 bridgehead atoms. The molecule has 0 aliphatic carbocycles. The van der Waals surface area contributed by atoms with Gasteiger partial charge < -0.3 is 19.8 Å². The van der Waals surface area contributed by atoms with E-state index in [9.17, 15) is 9.59 Å². The Bertz CT molecular complexity index is 1310. The summed E-state index contributed by atoms with van der Waals surface area (Å²) in [7, 11) is 2.98. The molecule has 1 heterocycles. The van der Waals surface area contributed by atoms with Gasteiger partial charge in [0.1, 0.15) is 11.5 Å². The van der Waals surface area contributed by atoms with E-state index in [0.717, 1.165) is 16.7 Å². The minimum Gasteiger partial charge on any atom is -0.496 e. The summed E-state index contributed by atoms with van der Waals surface area (Å²) in [4.78, 5) is 29.2. The third kappa shape index (κ3) is 3.92. The highest BCUT2D eigenvalue weighted by atomic mass is 35.5. The number of carbonyl (C=O) groups is 2. The van der Waals surface area contributed by atoms with Crippen molar-refractivity contribution in [1.82, 2.24) is 4.98 Å². The van der Waals surface area contributed by atoms with Gasteiger partial charge >= 0.3 is 0 Å². The quantitative estimate of drug-likeness (QED) is 0.295. The fourth-order valence-corrected chi connectivity index (χ4v) is 3.73. The van der Waals surface area contributed by atoms with E-state index >= 15 is 0 Å². The maximum Gasteiger partial charge on any atom is 0.296 e. The molecule has 0 atom stereocenters. The van der Waals surface area contributed by atoms with E-state index in [1.807, 2.05) is 31.2 Å². The lowest BCUT2D eigenvalue weighted by Gasteiger charge is -2.13. The van der Waals surface area contributed by atoms with Crippen LogP contribution < -0.4 is 14.8 Å². The number of benzene rings is 3. The van der Waals surface area contributed by atoms with E-state index in [0.29, 0.717) is 27.4 Å². The number of ether oxygens (including phenoxy) is 2. The fourth-order valence-electron chi connectivity index (χ4n) is 3.61. The average Bonchev–Trinajstić information content (AvgIpc) is 3.24. The number of hydrogen-bond acceptors (Lipinski definition) is 4. The molecule has 0 unspecified atom stereocenters. The van der Waals surface area contributed by atoms with Crippen molar-refractivity contribution in [3.8, 4) is 22.6 Å². The van der Waals surface area contributed by atoms with Crippen LogP contribution in [0.2, 0.25) is 5.02 Å². The fraction of sp³-hybridized carbons (Fsp3) is 0.120. The number of amides is 1. The number of aromatic nitrogens is 1. The zero-order valence-corrected chi connectivity index (χ0v) is 18.5. The van der Waals surface area contributed by atoms with Gasteiger partial charge in [0.2, 0.25) is 0 Å². The Balaban J connectivity index is 1.83. The van der Waals surface area contributed by atoms with Crippen LogP contribution >= 0.6 is 11.6 Å². The van der Waals surface area contributed by atoms with Gasteiger partial charge in [-0.05, 0) is 36.8 Å². The van der Waals surface area contributed by atoms with Crippen molar-refractivity contribution in [3.05, 3.63) is 76.9 Å². The van der Waals surface area contributed by atoms with Crippen LogP contribution in [0.3, 0.4) is 0 Å². The summed E-state index contributed by atoms with van der Waals surface area (Å²) in [5, 5.41) is 3.94. The van der Waals surface area contributed by atoms with Gasteiger partial charge in [0.05, 0.1) is 30.7 Å². The summed E-state index contributed by atoms with van der Waals surface area (Å²) in [6, 6.07) is 16.1. The summed E-state index contributed by atoms with van der Waals surface area (Å²) in [5.74, 6) is -0.734. The molecule has 32 heavy (non-hydrogen) atoms. The minimum absolute atomic E-state index is 0.133. The third-order valence-electron chi connectivity index (χ3n) is 5.22. The van der Waals surface area contributed by atoms with Crippen molar-refractivity contribution in [1.29, 1.82) is 0 Å². The average molecular weight is 449 g/mol. The second-order valence-electron chi connectivity index (χ2n) is 7.26. The monoisotopic (exact) mass is 448 g/mol. The zero-order valence-electron chi connectivity index (χ0n) is 17.8. The van der Waals surface area contributed by atoms with Gasteiger partial charge in [0.25, 0.3) is 11.7 Å². The number of aryl methyl sites for hydroxylation is 1. The number of rotatable bonds is 6. The molecule has 0 fully saturated rings. The maximum atomic E-state index is 13.2. The second kappa shape index (κ2) is 8.77. The molecule has 4 rings (SSSR count). The number of nitrogens with one attached hydrogen (secondary N) is 2. The van der Waals surface area contributed by atoms with Crippen LogP contribution in [-0.2, 0) is 4.79 Å². The molecule has 6 nitrogen and oxygen atoms in total. The van der Waals surface area contributed by atoms with E-state index in [4.69, 9.17) is 21.1 Å². The molecule has 0 saturated heterocycles. The number of halogens is 1. The Hall–Kier alpha value is -3.77. The molecule has 0 spiro atoms. The lowest BCUT2D eigenvalue weighted by molar-refractivity contribution is -0.112. The number of H-pyrrole nitrogens is 1. The van der Waals surface area contributed by atoms with Crippen LogP contribution in [0.1, 0.15) is 15.9 Å². The lowest BCUT2D eigenvalue weighted by atomic mass is 9.99. The molecule has 4 aromatic rings. The van der Waals surface area contributed by atoms with E-state index in [1.165, 1.54) is 7.11 Å². The molecule has 162 valence electrons. The molecule has 0 aliphatic rings. The van der Waals surface area contributed by atoms with Gasteiger partial charge in [-0.15, -0.1) is 0 Å². The largest absolute Gasteiger partial charge is 0.496 e. The number of methoxy groups -OCH3 is 2. The Morgan fingerprint density at radius 3 is 2.22 bits per heavy atom. The number of hydrogen-bond donors (Lipinski definition) is 2. The van der Waals surface area contributed by atoms with Crippen molar-refractivity contribution >= 4 is 39.9 Å². The van der Waals surface area contributed by atoms with Crippen LogP contribution in [0.15, 0.2) is 60.8 Å². The molecule has 7 heteroatoms. The molecule has 0 radical (unpaired) electrons. The number of fused-ring (bicyclic) bond motifs is 1. The SMILES string of the molecule is COc1cc(OC)c2c(-c3ccc(Cl)cc3)c[nH]c2c1C(=O)C(=O)Nc1ccc(C)cc1. The van der Waals surface area contributed by atoms with Gasteiger partial charge in [-0.25, -0.2) is 0 Å². The van der Waals surface area contributed by atoms with Crippen molar-refractivity contribution in [3.63, 3.8) is 0 Å². The number of carbonyl (C=O) groups excluding carboxylic acids is 2. The number of Topliss-reactive ketones (excluding diaryl/α,β-unsaturated/α-hetero) is 1. The molecule has 0 saturated carbocycles. The van der Waals surface area contributed by atoms with Gasteiger partial charge in [-0.3, -0.25) is 9.59 Å². The highest BCUT2D eigenvalue weighted by Crippen LogP contribution is 2.41. The molecule has 3 aromatic carbocycles. The second-order valence-corrected chi connectivity index (χ2v) is 7.70. The molecule has 1 aromatic heterocycles. The Kier molecular flexibility index (Phi) is 5.88. The lowest BCUT2D eigenvalue weighted by Crippen LogP contribution is -2.23. The van der Waals surface area contributed by atoms with E-state index in [2.05, 4.69) is 10.3 Å². The smallest absolute Gasteiger partial charge is 0.296 e. The van der Waals surface area contributed by atoms with Gasteiger partial charge in [0.15, 0.2) is 0 Å². The van der Waals surface area contributed by atoms with Crippen LogP contribution in [0.25, 0.3) is 22.0 Å². The topological polar surface area (TPSA) is 80.4 Å². The summed E-state index contributed by atoms with van der Waals surface area (Å²) in [6.45, 7) is 1.94. The Morgan fingerprint density at radius 2 is 1.59 bits per heavy atom. The predicted molar refractivity (Wildman–Crippen MR) is 126 cm³/mol. The van der Waals surface area contributed by atoms with E-state index < -0.39 is 11.7 Å². The van der Waals surface area contributed by atoms with Crippen LogP contribution in [0.4, 0.5) is 5.69 Å². The highest BCUT2D eigenvalue weighted by molar-refractivity contribution is 6.49. The molecular weight excluding hydrogens is 428 g/mol. The molecule has 0 aliphatic heterocycles. The number of aromatic amines is 1. The third-order valence-corrected chi connectivity index (χ3v) is 5.47. The first-order valence-electron chi connectivity index (χ1n) is 9.87. The van der Waals surface area contributed by atoms with Crippen molar-refractivity contribution in [2.24, 2.45) is 0 Å². The first kappa shape index (κ1) is 21.5. The number of ketones is 1. The zero-order chi connectivity index (χ0) is 22.8. The van der Waals surface area contributed by atoms with Gasteiger partial charge in [-0.2, -0.15) is 0 Å².